The molecule has 0 saturated carbocycles. The number of sulfonamides is 1. The number of benzene rings is 2. The summed E-state index contributed by atoms with van der Waals surface area (Å²) < 4.78 is 31.2. The molecular formula is C17H16N2O5S. The van der Waals surface area contributed by atoms with E-state index in [1.807, 2.05) is 6.07 Å². The molecule has 0 spiro atoms. The molecule has 0 unspecified atom stereocenters. The zero-order valence-corrected chi connectivity index (χ0v) is 14.2. The van der Waals surface area contributed by atoms with E-state index in [-0.39, 0.29) is 36.1 Å². The molecule has 2 aromatic carbocycles. The van der Waals surface area contributed by atoms with Crippen molar-refractivity contribution >= 4 is 33.2 Å². The lowest BCUT2D eigenvalue weighted by Gasteiger charge is -2.18. The molecule has 0 aromatic heterocycles. The average molecular weight is 360 g/mol. The van der Waals surface area contributed by atoms with Crippen LogP contribution in [0.4, 0.5) is 11.4 Å². The Labute approximate surface area is 145 Å². The van der Waals surface area contributed by atoms with Crippen LogP contribution in [-0.2, 0) is 19.6 Å². The maximum Gasteiger partial charge on any atom is 0.234 e. The van der Waals surface area contributed by atoms with Gasteiger partial charge < -0.3 is 4.74 Å². The summed E-state index contributed by atoms with van der Waals surface area (Å²) >= 11 is 0. The van der Waals surface area contributed by atoms with Crippen LogP contribution in [0.15, 0.2) is 48.5 Å². The zero-order chi connectivity index (χ0) is 18.0. The molecule has 3 rings (SSSR count). The highest BCUT2D eigenvalue weighted by Gasteiger charge is 2.31. The molecule has 25 heavy (non-hydrogen) atoms. The minimum absolute atomic E-state index is 0.164. The number of anilines is 2. The predicted octanol–water partition coefficient (Wildman–Crippen LogP) is 2.50. The van der Waals surface area contributed by atoms with Crippen molar-refractivity contribution in [2.24, 2.45) is 0 Å². The molecule has 2 amide bonds. The molecule has 0 aliphatic carbocycles. The van der Waals surface area contributed by atoms with Crippen LogP contribution in [0, 0.1) is 0 Å². The van der Waals surface area contributed by atoms with Gasteiger partial charge >= 0.3 is 0 Å². The number of rotatable bonds is 5. The predicted molar refractivity (Wildman–Crippen MR) is 93.2 cm³/mol. The largest absolute Gasteiger partial charge is 0.455 e. The molecule has 1 fully saturated rings. The van der Waals surface area contributed by atoms with Gasteiger partial charge in [0.1, 0.15) is 5.75 Å². The van der Waals surface area contributed by atoms with Crippen LogP contribution in [0.5, 0.6) is 11.5 Å². The number of nitrogens with zero attached hydrogens (tertiary/aromatic N) is 1. The van der Waals surface area contributed by atoms with Crippen LogP contribution >= 0.6 is 0 Å². The average Bonchev–Trinajstić information content (AvgIpc) is 2.88. The molecule has 130 valence electrons. The number of ether oxygens (including phenoxy) is 1. The summed E-state index contributed by atoms with van der Waals surface area (Å²) in [6, 6.07) is 13.2. The Hall–Kier alpha value is -2.87. The number of hydrogen-bond donors (Lipinski definition) is 1. The van der Waals surface area contributed by atoms with Crippen molar-refractivity contribution in [3.05, 3.63) is 48.5 Å². The Kier molecular flexibility index (Phi) is 4.45. The molecule has 1 N–H and O–H groups in total. The van der Waals surface area contributed by atoms with Gasteiger partial charge in [-0.3, -0.25) is 19.2 Å². The summed E-state index contributed by atoms with van der Waals surface area (Å²) in [6.45, 7) is 0. The summed E-state index contributed by atoms with van der Waals surface area (Å²) in [7, 11) is -3.52. The van der Waals surface area contributed by atoms with Gasteiger partial charge in [0.05, 0.1) is 17.6 Å². The summed E-state index contributed by atoms with van der Waals surface area (Å²) in [5, 5.41) is 0. The lowest BCUT2D eigenvalue weighted by molar-refractivity contribution is -0.121. The second kappa shape index (κ2) is 6.56. The molecule has 7 nitrogen and oxygen atoms in total. The number of carbonyl (C=O) groups is 2. The topological polar surface area (TPSA) is 92.8 Å². The van der Waals surface area contributed by atoms with Crippen LogP contribution in [0.1, 0.15) is 12.8 Å². The fourth-order valence-corrected chi connectivity index (χ4v) is 3.07. The van der Waals surface area contributed by atoms with Gasteiger partial charge in [-0.25, -0.2) is 8.42 Å². The molecule has 0 bridgehead atoms. The molecule has 2 aromatic rings. The first-order valence-electron chi connectivity index (χ1n) is 7.54. The highest BCUT2D eigenvalue weighted by atomic mass is 32.2. The van der Waals surface area contributed by atoms with Gasteiger partial charge in [0, 0.05) is 18.9 Å². The number of nitrogens with one attached hydrogen (secondary N) is 1. The van der Waals surface area contributed by atoms with Crippen molar-refractivity contribution in [3.8, 4) is 11.5 Å². The van der Waals surface area contributed by atoms with E-state index < -0.39 is 10.0 Å². The normalized spacial score (nSPS) is 14.7. The number of para-hydroxylation sites is 1. The molecular weight excluding hydrogens is 344 g/mol. The number of amides is 2. The van der Waals surface area contributed by atoms with E-state index in [2.05, 4.69) is 4.72 Å². The molecule has 0 radical (unpaired) electrons. The highest BCUT2D eigenvalue weighted by molar-refractivity contribution is 7.92. The molecule has 1 aliphatic rings. The van der Waals surface area contributed by atoms with Crippen molar-refractivity contribution in [1.29, 1.82) is 0 Å². The van der Waals surface area contributed by atoms with Gasteiger partial charge in [-0.2, -0.15) is 0 Å². The molecule has 8 heteroatoms. The van der Waals surface area contributed by atoms with E-state index in [1.54, 1.807) is 24.3 Å². The fourth-order valence-electron chi connectivity index (χ4n) is 2.50. The van der Waals surface area contributed by atoms with E-state index in [0.717, 1.165) is 11.2 Å². The first-order chi connectivity index (χ1) is 11.8. The third kappa shape index (κ3) is 3.97. The first-order valence-corrected chi connectivity index (χ1v) is 9.43. The van der Waals surface area contributed by atoms with E-state index in [0.29, 0.717) is 11.4 Å². The van der Waals surface area contributed by atoms with Gasteiger partial charge in [0.2, 0.25) is 21.8 Å². The standard InChI is InChI=1S/C17H16N2O5S/c1-25(22,23)18-14-8-7-12(19-16(20)9-10-17(19)21)11-15(14)24-13-5-3-2-4-6-13/h2-8,11,18H,9-10H2,1H3. The third-order valence-corrected chi connectivity index (χ3v) is 4.13. The summed E-state index contributed by atoms with van der Waals surface area (Å²) in [6.07, 6.45) is 1.36. The van der Waals surface area contributed by atoms with Gasteiger partial charge in [-0.05, 0) is 24.3 Å². The Bertz CT molecular complexity index is 909. The van der Waals surface area contributed by atoms with E-state index in [9.17, 15) is 18.0 Å². The Balaban J connectivity index is 2.02. The number of carbonyl (C=O) groups excluding carboxylic acids is 2. The molecule has 1 saturated heterocycles. The van der Waals surface area contributed by atoms with Gasteiger partial charge in [0.15, 0.2) is 5.75 Å². The van der Waals surface area contributed by atoms with E-state index in [1.165, 1.54) is 18.2 Å². The van der Waals surface area contributed by atoms with Crippen molar-refractivity contribution < 1.29 is 22.7 Å². The van der Waals surface area contributed by atoms with Crippen molar-refractivity contribution in [1.82, 2.24) is 0 Å². The van der Waals surface area contributed by atoms with E-state index in [4.69, 9.17) is 4.74 Å². The Morgan fingerprint density at radius 3 is 2.24 bits per heavy atom. The van der Waals surface area contributed by atoms with Gasteiger partial charge in [-0.1, -0.05) is 18.2 Å². The maximum atomic E-state index is 11.9. The maximum absolute atomic E-state index is 11.9. The zero-order valence-electron chi connectivity index (χ0n) is 13.4. The lowest BCUT2D eigenvalue weighted by Crippen LogP contribution is -2.28. The van der Waals surface area contributed by atoms with Crippen molar-refractivity contribution in [2.75, 3.05) is 15.9 Å². The monoisotopic (exact) mass is 360 g/mol. The van der Waals surface area contributed by atoms with Crippen LogP contribution in [0.3, 0.4) is 0 Å². The van der Waals surface area contributed by atoms with Gasteiger partial charge in [-0.15, -0.1) is 0 Å². The van der Waals surface area contributed by atoms with E-state index >= 15 is 0 Å². The minimum atomic E-state index is -3.52. The highest BCUT2D eigenvalue weighted by Crippen LogP contribution is 2.35. The molecule has 1 aliphatic heterocycles. The van der Waals surface area contributed by atoms with Crippen LogP contribution < -0.4 is 14.4 Å². The number of hydrogen-bond acceptors (Lipinski definition) is 5. The summed E-state index contributed by atoms with van der Waals surface area (Å²) in [5.41, 5.74) is 0.562. The third-order valence-electron chi connectivity index (χ3n) is 3.54. The van der Waals surface area contributed by atoms with Crippen LogP contribution in [0.2, 0.25) is 0 Å². The van der Waals surface area contributed by atoms with Gasteiger partial charge in [0.25, 0.3) is 0 Å². The quantitative estimate of drug-likeness (QED) is 0.827. The molecule has 1 heterocycles. The fraction of sp³-hybridized carbons (Fsp3) is 0.176. The SMILES string of the molecule is CS(=O)(=O)Nc1ccc(N2C(=O)CCC2=O)cc1Oc1ccccc1. The smallest absolute Gasteiger partial charge is 0.234 e. The lowest BCUT2D eigenvalue weighted by atomic mass is 10.2. The summed E-state index contributed by atoms with van der Waals surface area (Å²) in [5.74, 6) is 0.107. The summed E-state index contributed by atoms with van der Waals surface area (Å²) in [4.78, 5) is 24.9. The molecule has 0 atom stereocenters. The Morgan fingerprint density at radius 1 is 1.00 bits per heavy atom. The van der Waals surface area contributed by atoms with Crippen molar-refractivity contribution in [3.63, 3.8) is 0 Å². The second-order valence-electron chi connectivity index (χ2n) is 5.59. The number of imide groups is 1. The van der Waals surface area contributed by atoms with Crippen LogP contribution in [-0.4, -0.2) is 26.5 Å². The minimum Gasteiger partial charge on any atom is -0.455 e. The van der Waals surface area contributed by atoms with Crippen LogP contribution in [0.25, 0.3) is 0 Å². The van der Waals surface area contributed by atoms with Crippen molar-refractivity contribution in [2.45, 2.75) is 12.8 Å². The second-order valence-corrected chi connectivity index (χ2v) is 7.34. The Morgan fingerprint density at radius 2 is 1.64 bits per heavy atom. The first kappa shape index (κ1) is 17.0.